The smallest absolute Gasteiger partial charge is 0.308 e. The molecule has 34 heavy (non-hydrogen) atoms. The predicted molar refractivity (Wildman–Crippen MR) is 128 cm³/mol. The van der Waals surface area contributed by atoms with Crippen molar-refractivity contribution in [3.8, 4) is 5.75 Å². The van der Waals surface area contributed by atoms with Crippen LogP contribution in [-0.2, 0) is 14.3 Å². The minimum Gasteiger partial charge on any atom is -0.495 e. The van der Waals surface area contributed by atoms with Gasteiger partial charge in [0.05, 0.1) is 19.2 Å². The number of esters is 1. The summed E-state index contributed by atoms with van der Waals surface area (Å²) in [5.74, 6) is -0.930. The summed E-state index contributed by atoms with van der Waals surface area (Å²) in [5, 5.41) is 7.17. The molecule has 0 unspecified atom stereocenters. The molecule has 3 aromatic carbocycles. The van der Waals surface area contributed by atoms with Crippen LogP contribution in [0, 0.1) is 6.92 Å². The Kier molecular flexibility index (Phi) is 6.77. The molecule has 0 saturated carbocycles. The van der Waals surface area contributed by atoms with Crippen LogP contribution in [-0.4, -0.2) is 38.0 Å². The van der Waals surface area contributed by atoms with E-state index in [0.717, 1.165) is 21.9 Å². The summed E-state index contributed by atoms with van der Waals surface area (Å²) < 4.78 is 16.3. The Hall–Kier alpha value is -4.33. The number of benzene rings is 3. The zero-order valence-electron chi connectivity index (χ0n) is 18.8. The van der Waals surface area contributed by atoms with E-state index in [1.165, 1.54) is 7.11 Å². The minimum atomic E-state index is -0.597. The molecule has 0 fully saturated rings. The molecule has 0 radical (unpaired) electrons. The zero-order valence-corrected chi connectivity index (χ0v) is 18.8. The van der Waals surface area contributed by atoms with Crippen LogP contribution in [0.1, 0.15) is 22.3 Å². The molecule has 0 aliphatic heterocycles. The molecule has 0 atom stereocenters. The summed E-state index contributed by atoms with van der Waals surface area (Å²) in [6.45, 7) is 1.47. The molecule has 0 aliphatic rings. The molecule has 2 N–H and O–H groups in total. The van der Waals surface area contributed by atoms with Gasteiger partial charge in [-0.15, -0.1) is 0 Å². The van der Waals surface area contributed by atoms with Crippen LogP contribution >= 0.6 is 0 Å². The second-order valence-electron chi connectivity index (χ2n) is 7.68. The van der Waals surface area contributed by atoms with E-state index >= 15 is 0 Å². The van der Waals surface area contributed by atoms with E-state index in [1.54, 1.807) is 24.3 Å². The standard InChI is InChI=1S/C26H24N2O6/c1-16-7-3-4-8-17(16)26(31)27-12-11-25(30)33-15-24(29)28-20-14-22-19(13-23(20)32-2)18-9-5-6-10-21(18)34-22/h3-10,13-14H,11-12,15H2,1-2H3,(H,27,31)(H,28,29). The molecule has 0 aliphatic carbocycles. The summed E-state index contributed by atoms with van der Waals surface area (Å²) in [4.78, 5) is 36.5. The normalized spacial score (nSPS) is 10.8. The summed E-state index contributed by atoms with van der Waals surface area (Å²) in [6, 6.07) is 18.2. The third-order valence-electron chi connectivity index (χ3n) is 5.34. The number of anilines is 1. The molecule has 4 aromatic rings. The van der Waals surface area contributed by atoms with E-state index in [2.05, 4.69) is 10.6 Å². The highest BCUT2D eigenvalue weighted by atomic mass is 16.5. The SMILES string of the molecule is COc1cc2c(cc1NC(=O)COC(=O)CCNC(=O)c1ccccc1C)oc1ccccc12. The molecule has 1 heterocycles. The van der Waals surface area contributed by atoms with E-state index in [0.29, 0.717) is 22.6 Å². The number of carbonyl (C=O) groups is 3. The average Bonchev–Trinajstić information content (AvgIpc) is 3.19. The number of ether oxygens (including phenoxy) is 2. The van der Waals surface area contributed by atoms with Gasteiger partial charge >= 0.3 is 5.97 Å². The van der Waals surface area contributed by atoms with Crippen LogP contribution in [0.15, 0.2) is 65.1 Å². The van der Waals surface area contributed by atoms with Crippen LogP contribution in [0.25, 0.3) is 21.9 Å². The third-order valence-corrected chi connectivity index (χ3v) is 5.34. The topological polar surface area (TPSA) is 107 Å². The van der Waals surface area contributed by atoms with Crippen LogP contribution in [0.4, 0.5) is 5.69 Å². The van der Waals surface area contributed by atoms with Crippen LogP contribution < -0.4 is 15.4 Å². The lowest BCUT2D eigenvalue weighted by Gasteiger charge is -2.11. The number of amides is 2. The number of fused-ring (bicyclic) bond motifs is 3. The molecule has 174 valence electrons. The molecule has 8 heteroatoms. The number of hydrogen-bond acceptors (Lipinski definition) is 6. The first-order chi connectivity index (χ1) is 16.5. The number of furan rings is 1. The monoisotopic (exact) mass is 460 g/mol. The van der Waals surface area contributed by atoms with Gasteiger partial charge in [-0.3, -0.25) is 14.4 Å². The predicted octanol–water partition coefficient (Wildman–Crippen LogP) is 4.20. The van der Waals surface area contributed by atoms with Gasteiger partial charge in [0.25, 0.3) is 11.8 Å². The van der Waals surface area contributed by atoms with Crippen molar-refractivity contribution in [2.24, 2.45) is 0 Å². The first kappa shape index (κ1) is 22.8. The zero-order chi connectivity index (χ0) is 24.1. The van der Waals surface area contributed by atoms with Crippen molar-refractivity contribution in [3.63, 3.8) is 0 Å². The fraction of sp³-hybridized carbons (Fsp3) is 0.192. The molecule has 8 nitrogen and oxygen atoms in total. The maximum Gasteiger partial charge on any atom is 0.308 e. The van der Waals surface area contributed by atoms with Crippen LogP contribution in [0.5, 0.6) is 5.75 Å². The van der Waals surface area contributed by atoms with Crippen LogP contribution in [0.3, 0.4) is 0 Å². The number of para-hydroxylation sites is 1. The number of carbonyl (C=O) groups excluding carboxylic acids is 3. The number of hydrogen-bond donors (Lipinski definition) is 2. The lowest BCUT2D eigenvalue weighted by molar-refractivity contribution is -0.147. The Morgan fingerprint density at radius 1 is 0.941 bits per heavy atom. The molecule has 1 aromatic heterocycles. The Bertz CT molecular complexity index is 1370. The summed E-state index contributed by atoms with van der Waals surface area (Å²) in [6.07, 6.45) is -0.0564. The van der Waals surface area contributed by atoms with Gasteiger partial charge in [0.1, 0.15) is 16.9 Å². The van der Waals surface area contributed by atoms with Crippen molar-refractivity contribution in [2.75, 3.05) is 25.6 Å². The van der Waals surface area contributed by atoms with Gasteiger partial charge in [-0.1, -0.05) is 36.4 Å². The van der Waals surface area contributed by atoms with Crippen molar-refractivity contribution in [1.82, 2.24) is 5.32 Å². The number of aryl methyl sites for hydroxylation is 1. The highest BCUT2D eigenvalue weighted by Crippen LogP contribution is 2.36. The Labute approximate surface area is 195 Å². The van der Waals surface area contributed by atoms with E-state index in [1.807, 2.05) is 43.3 Å². The Morgan fingerprint density at radius 2 is 1.71 bits per heavy atom. The van der Waals surface area contributed by atoms with Crippen molar-refractivity contribution in [1.29, 1.82) is 0 Å². The van der Waals surface area contributed by atoms with E-state index in [4.69, 9.17) is 13.9 Å². The van der Waals surface area contributed by atoms with Crippen molar-refractivity contribution in [3.05, 3.63) is 71.8 Å². The third kappa shape index (κ3) is 5.01. The van der Waals surface area contributed by atoms with Gasteiger partial charge < -0.3 is 24.5 Å². The Morgan fingerprint density at radius 3 is 2.50 bits per heavy atom. The van der Waals surface area contributed by atoms with E-state index in [-0.39, 0.29) is 18.9 Å². The molecular weight excluding hydrogens is 436 g/mol. The fourth-order valence-corrected chi connectivity index (χ4v) is 3.62. The maximum atomic E-state index is 12.4. The van der Waals surface area contributed by atoms with Gasteiger partial charge in [0, 0.05) is 28.9 Å². The van der Waals surface area contributed by atoms with Gasteiger partial charge in [-0.05, 0) is 30.7 Å². The molecule has 0 spiro atoms. The number of nitrogens with one attached hydrogen (secondary N) is 2. The van der Waals surface area contributed by atoms with Crippen LogP contribution in [0.2, 0.25) is 0 Å². The van der Waals surface area contributed by atoms with Gasteiger partial charge in [0.2, 0.25) is 0 Å². The van der Waals surface area contributed by atoms with Crippen molar-refractivity contribution >= 4 is 45.4 Å². The molecule has 4 rings (SSSR count). The summed E-state index contributed by atoms with van der Waals surface area (Å²) >= 11 is 0. The lowest BCUT2D eigenvalue weighted by atomic mass is 10.1. The Balaban J connectivity index is 1.30. The number of rotatable bonds is 8. The number of methoxy groups -OCH3 is 1. The first-order valence-corrected chi connectivity index (χ1v) is 10.7. The molecule has 0 saturated heterocycles. The van der Waals surface area contributed by atoms with Gasteiger partial charge in [-0.2, -0.15) is 0 Å². The highest BCUT2D eigenvalue weighted by Gasteiger charge is 2.15. The van der Waals surface area contributed by atoms with Gasteiger partial charge in [0.15, 0.2) is 6.61 Å². The summed E-state index contributed by atoms with van der Waals surface area (Å²) in [7, 11) is 1.50. The van der Waals surface area contributed by atoms with E-state index in [9.17, 15) is 14.4 Å². The second-order valence-corrected chi connectivity index (χ2v) is 7.68. The van der Waals surface area contributed by atoms with E-state index < -0.39 is 18.5 Å². The molecule has 0 bridgehead atoms. The quantitative estimate of drug-likeness (QED) is 0.382. The van der Waals surface area contributed by atoms with Gasteiger partial charge in [-0.25, -0.2) is 0 Å². The average molecular weight is 460 g/mol. The maximum absolute atomic E-state index is 12.4. The van der Waals surface area contributed by atoms with Crippen molar-refractivity contribution < 1.29 is 28.3 Å². The second kappa shape index (κ2) is 10.1. The first-order valence-electron chi connectivity index (χ1n) is 10.7. The largest absolute Gasteiger partial charge is 0.495 e. The summed E-state index contributed by atoms with van der Waals surface area (Å²) in [5.41, 5.74) is 3.12. The lowest BCUT2D eigenvalue weighted by Crippen LogP contribution is -2.28. The van der Waals surface area contributed by atoms with Crippen molar-refractivity contribution in [2.45, 2.75) is 13.3 Å². The minimum absolute atomic E-state index is 0.0564. The fourth-order valence-electron chi connectivity index (χ4n) is 3.62. The highest BCUT2D eigenvalue weighted by molar-refractivity contribution is 6.08. The molecular formula is C26H24N2O6. The molecule has 2 amide bonds.